The van der Waals surface area contributed by atoms with Crippen molar-refractivity contribution in [3.05, 3.63) is 48.0 Å². The van der Waals surface area contributed by atoms with E-state index in [9.17, 15) is 4.79 Å². The number of nitrogens with zero attached hydrogens (tertiary/aromatic N) is 2. The summed E-state index contributed by atoms with van der Waals surface area (Å²) in [5, 5.41) is 0. The van der Waals surface area contributed by atoms with Gasteiger partial charge in [0.1, 0.15) is 12.1 Å². The van der Waals surface area contributed by atoms with Gasteiger partial charge in [-0.2, -0.15) is 0 Å². The smallest absolute Gasteiger partial charge is 0.150 e. The Balaban J connectivity index is 2.38. The molecule has 2 aromatic rings. The second-order valence-corrected chi connectivity index (χ2v) is 3.48. The molecule has 3 nitrogen and oxygen atoms in total. The molecule has 1 aromatic carbocycles. The van der Waals surface area contributed by atoms with E-state index < -0.39 is 0 Å². The van der Waals surface area contributed by atoms with Gasteiger partial charge in [0.05, 0.1) is 0 Å². The Hall–Kier alpha value is -2.03. The number of aldehydes is 1. The van der Waals surface area contributed by atoms with E-state index in [2.05, 4.69) is 9.97 Å². The van der Waals surface area contributed by atoms with E-state index >= 15 is 0 Å². The third-order valence-electron chi connectivity index (χ3n) is 2.38. The van der Waals surface area contributed by atoms with Crippen molar-refractivity contribution in [2.45, 2.75) is 13.3 Å². The first-order valence-corrected chi connectivity index (χ1v) is 5.20. The van der Waals surface area contributed by atoms with E-state index in [4.69, 9.17) is 0 Å². The van der Waals surface area contributed by atoms with Gasteiger partial charge in [-0.1, -0.05) is 25.1 Å². The van der Waals surface area contributed by atoms with Crippen LogP contribution < -0.4 is 0 Å². The number of aryl methyl sites for hydroxylation is 1. The molecule has 0 spiro atoms. The van der Waals surface area contributed by atoms with Crippen LogP contribution in [0.2, 0.25) is 0 Å². The second-order valence-electron chi connectivity index (χ2n) is 3.48. The van der Waals surface area contributed by atoms with Crippen LogP contribution in [-0.4, -0.2) is 16.3 Å². The molecule has 80 valence electrons. The highest BCUT2D eigenvalue weighted by molar-refractivity contribution is 5.78. The summed E-state index contributed by atoms with van der Waals surface area (Å²) < 4.78 is 0. The maximum Gasteiger partial charge on any atom is 0.150 e. The second kappa shape index (κ2) is 4.66. The van der Waals surface area contributed by atoms with Crippen molar-refractivity contribution in [1.82, 2.24) is 9.97 Å². The molecule has 0 unspecified atom stereocenters. The zero-order valence-electron chi connectivity index (χ0n) is 9.05. The van der Waals surface area contributed by atoms with Gasteiger partial charge in [0, 0.05) is 29.9 Å². The molecule has 1 heterocycles. The van der Waals surface area contributed by atoms with Crippen molar-refractivity contribution in [3.8, 4) is 11.1 Å². The highest BCUT2D eigenvalue weighted by atomic mass is 16.1. The van der Waals surface area contributed by atoms with Gasteiger partial charge in [-0.3, -0.25) is 4.79 Å². The average Bonchev–Trinajstić information content (AvgIpc) is 2.39. The Bertz CT molecular complexity index is 492. The molecule has 0 bridgehead atoms. The Morgan fingerprint density at radius 3 is 2.56 bits per heavy atom. The van der Waals surface area contributed by atoms with Gasteiger partial charge in [-0.05, 0) is 11.6 Å². The summed E-state index contributed by atoms with van der Waals surface area (Å²) in [7, 11) is 0. The first-order valence-electron chi connectivity index (χ1n) is 5.20. The molecule has 0 aliphatic carbocycles. The fraction of sp³-hybridized carbons (Fsp3) is 0.154. The predicted octanol–water partition coefficient (Wildman–Crippen LogP) is 2.52. The van der Waals surface area contributed by atoms with Crippen molar-refractivity contribution >= 4 is 6.29 Å². The molecule has 0 atom stereocenters. The van der Waals surface area contributed by atoms with E-state index in [-0.39, 0.29) is 0 Å². The summed E-state index contributed by atoms with van der Waals surface area (Å²) in [5.41, 5.74) is 2.56. The molecule has 0 saturated carbocycles. The lowest BCUT2D eigenvalue weighted by Crippen LogP contribution is -1.92. The van der Waals surface area contributed by atoms with Crippen LogP contribution >= 0.6 is 0 Å². The van der Waals surface area contributed by atoms with Crippen LogP contribution in [0, 0.1) is 0 Å². The van der Waals surface area contributed by atoms with Crippen LogP contribution in [0.15, 0.2) is 36.7 Å². The Labute approximate surface area is 94.2 Å². The summed E-state index contributed by atoms with van der Waals surface area (Å²) in [5.74, 6) is 0.829. The first-order chi connectivity index (χ1) is 7.83. The average molecular weight is 212 g/mol. The molecule has 0 aliphatic rings. The van der Waals surface area contributed by atoms with Gasteiger partial charge < -0.3 is 0 Å². The van der Waals surface area contributed by atoms with Gasteiger partial charge in [-0.15, -0.1) is 0 Å². The van der Waals surface area contributed by atoms with E-state index in [1.54, 1.807) is 18.5 Å². The van der Waals surface area contributed by atoms with Crippen molar-refractivity contribution in [2.24, 2.45) is 0 Å². The number of carbonyl (C=O) groups is 1. The van der Waals surface area contributed by atoms with E-state index in [0.717, 1.165) is 29.7 Å². The van der Waals surface area contributed by atoms with Gasteiger partial charge >= 0.3 is 0 Å². The largest absolute Gasteiger partial charge is 0.298 e. The number of carbonyl (C=O) groups excluding carboxylic acids is 1. The fourth-order valence-corrected chi connectivity index (χ4v) is 1.48. The molecule has 0 saturated heterocycles. The molecule has 16 heavy (non-hydrogen) atoms. The van der Waals surface area contributed by atoms with Crippen molar-refractivity contribution in [1.29, 1.82) is 0 Å². The normalized spacial score (nSPS) is 10.1. The Morgan fingerprint density at radius 2 is 1.94 bits per heavy atom. The van der Waals surface area contributed by atoms with Crippen LogP contribution in [0.5, 0.6) is 0 Å². The minimum absolute atomic E-state index is 0.664. The van der Waals surface area contributed by atoms with Gasteiger partial charge in [-0.25, -0.2) is 9.97 Å². The van der Waals surface area contributed by atoms with Crippen LogP contribution in [-0.2, 0) is 6.42 Å². The van der Waals surface area contributed by atoms with Gasteiger partial charge in [0.15, 0.2) is 0 Å². The minimum atomic E-state index is 0.664. The number of aromatic nitrogens is 2. The maximum atomic E-state index is 10.7. The van der Waals surface area contributed by atoms with Crippen LogP contribution in [0.25, 0.3) is 11.1 Å². The Kier molecular flexibility index (Phi) is 3.05. The van der Waals surface area contributed by atoms with Gasteiger partial charge in [0.25, 0.3) is 0 Å². The first kappa shape index (κ1) is 10.5. The number of rotatable bonds is 3. The molecule has 0 N–H and O–H groups in total. The third kappa shape index (κ3) is 2.14. The molecule has 0 radical (unpaired) electrons. The summed E-state index contributed by atoms with van der Waals surface area (Å²) in [4.78, 5) is 19.1. The van der Waals surface area contributed by atoms with E-state index in [1.807, 2.05) is 25.1 Å². The molecular weight excluding hydrogens is 200 g/mol. The molecule has 0 aliphatic heterocycles. The molecule has 3 heteroatoms. The highest BCUT2D eigenvalue weighted by Crippen LogP contribution is 2.18. The zero-order valence-corrected chi connectivity index (χ0v) is 9.05. The molecule has 2 rings (SSSR count). The monoisotopic (exact) mass is 212 g/mol. The fourth-order valence-electron chi connectivity index (χ4n) is 1.48. The topological polar surface area (TPSA) is 42.9 Å². The van der Waals surface area contributed by atoms with Crippen LogP contribution in [0.3, 0.4) is 0 Å². The third-order valence-corrected chi connectivity index (χ3v) is 2.38. The van der Waals surface area contributed by atoms with Crippen LogP contribution in [0.1, 0.15) is 23.1 Å². The molecule has 0 amide bonds. The number of benzene rings is 1. The zero-order chi connectivity index (χ0) is 11.4. The predicted molar refractivity (Wildman–Crippen MR) is 62.2 cm³/mol. The van der Waals surface area contributed by atoms with Gasteiger partial charge in [0.2, 0.25) is 0 Å². The van der Waals surface area contributed by atoms with E-state index in [1.165, 1.54) is 0 Å². The maximum absolute atomic E-state index is 10.7. The lowest BCUT2D eigenvalue weighted by Gasteiger charge is -2.02. The van der Waals surface area contributed by atoms with Crippen molar-refractivity contribution < 1.29 is 4.79 Å². The minimum Gasteiger partial charge on any atom is -0.298 e. The molecular formula is C13H12N2O. The summed E-state index contributed by atoms with van der Waals surface area (Å²) in [6.07, 6.45) is 5.24. The SMILES string of the molecule is CCc1ncc(-c2cccc(C=O)c2)cn1. The molecule has 0 fully saturated rings. The van der Waals surface area contributed by atoms with E-state index in [0.29, 0.717) is 5.56 Å². The highest BCUT2D eigenvalue weighted by Gasteiger charge is 2.00. The quantitative estimate of drug-likeness (QED) is 0.734. The summed E-state index contributed by atoms with van der Waals surface area (Å²) >= 11 is 0. The van der Waals surface area contributed by atoms with Crippen LogP contribution in [0.4, 0.5) is 0 Å². The standard InChI is InChI=1S/C13H12N2O/c1-2-13-14-7-12(8-15-13)11-5-3-4-10(6-11)9-16/h3-9H,2H2,1H3. The molecule has 1 aromatic heterocycles. The van der Waals surface area contributed by atoms with Crippen molar-refractivity contribution in [2.75, 3.05) is 0 Å². The Morgan fingerprint density at radius 1 is 1.19 bits per heavy atom. The lowest BCUT2D eigenvalue weighted by atomic mass is 10.1. The number of hydrogen-bond donors (Lipinski definition) is 0. The number of hydrogen-bond acceptors (Lipinski definition) is 3. The summed E-state index contributed by atoms with van der Waals surface area (Å²) in [6, 6.07) is 7.40. The lowest BCUT2D eigenvalue weighted by molar-refractivity contribution is 0.112. The summed E-state index contributed by atoms with van der Waals surface area (Å²) in [6.45, 7) is 2.02. The van der Waals surface area contributed by atoms with Crippen molar-refractivity contribution in [3.63, 3.8) is 0 Å².